The molecule has 0 bridgehead atoms. The van der Waals surface area contributed by atoms with Gasteiger partial charge in [-0.1, -0.05) is 12.1 Å². The number of halogens is 1. The number of benzene rings is 2. The molecule has 0 spiro atoms. The van der Waals surface area contributed by atoms with Crippen LogP contribution in [0.2, 0.25) is 0 Å². The summed E-state index contributed by atoms with van der Waals surface area (Å²) in [7, 11) is 0. The van der Waals surface area contributed by atoms with Gasteiger partial charge in [0.05, 0.1) is 11.4 Å². The smallest absolute Gasteiger partial charge is 0.339 e. The molecule has 0 radical (unpaired) electrons. The van der Waals surface area contributed by atoms with Crippen LogP contribution in [0.1, 0.15) is 16.1 Å². The van der Waals surface area contributed by atoms with Crippen molar-refractivity contribution in [2.75, 3.05) is 11.6 Å². The number of nitrogens with zero attached hydrogens (tertiary/aromatic N) is 3. The van der Waals surface area contributed by atoms with Crippen molar-refractivity contribution >= 4 is 29.4 Å². The molecule has 0 aliphatic carbocycles. The topological polar surface area (TPSA) is 80.0 Å². The van der Waals surface area contributed by atoms with E-state index in [2.05, 4.69) is 10.3 Å². The molecule has 0 aliphatic rings. The Labute approximate surface area is 182 Å². The Morgan fingerprint density at radius 3 is 2.55 bits per heavy atom. The number of anilines is 2. The fourth-order valence-electron chi connectivity index (χ4n) is 3.17. The predicted molar refractivity (Wildman–Crippen MR) is 120 cm³/mol. The Bertz CT molecular complexity index is 1250. The summed E-state index contributed by atoms with van der Waals surface area (Å²) in [5.74, 6) is -0.643. The van der Waals surface area contributed by atoms with Gasteiger partial charge in [0.25, 0.3) is 0 Å². The monoisotopic (exact) mass is 434 g/mol. The van der Waals surface area contributed by atoms with Gasteiger partial charge in [0.2, 0.25) is 0 Å². The highest BCUT2D eigenvalue weighted by Gasteiger charge is 2.18. The molecule has 0 saturated carbocycles. The Morgan fingerprint density at radius 1 is 1.10 bits per heavy atom. The van der Waals surface area contributed by atoms with E-state index >= 15 is 0 Å². The standard InChI is InChI=1S/C23H19FN4O2S/c1-14-7-12-17(23(29)30)22(25-14)26-21-13-18(15-8-10-16(24)11-9-15)27-28(21)19-5-3-4-6-20(19)31-2/h3-13H,1-2H3,(H,25,26)(H,29,30). The molecule has 8 heteroatoms. The summed E-state index contributed by atoms with van der Waals surface area (Å²) >= 11 is 1.57. The maximum Gasteiger partial charge on any atom is 0.339 e. The number of rotatable bonds is 6. The van der Waals surface area contributed by atoms with E-state index in [0.29, 0.717) is 17.2 Å². The molecule has 6 nitrogen and oxygen atoms in total. The number of pyridine rings is 1. The van der Waals surface area contributed by atoms with Crippen molar-refractivity contribution in [1.82, 2.24) is 14.8 Å². The van der Waals surface area contributed by atoms with Gasteiger partial charge in [0.15, 0.2) is 0 Å². The number of carboxylic acid groups (broad SMARTS) is 1. The summed E-state index contributed by atoms with van der Waals surface area (Å²) < 4.78 is 15.1. The third kappa shape index (κ3) is 4.29. The van der Waals surface area contributed by atoms with Gasteiger partial charge in [-0.3, -0.25) is 0 Å². The summed E-state index contributed by atoms with van der Waals surface area (Å²) in [5.41, 5.74) is 2.92. The fourth-order valence-corrected chi connectivity index (χ4v) is 3.74. The number of hydrogen-bond donors (Lipinski definition) is 2. The Kier molecular flexibility index (Phi) is 5.73. The van der Waals surface area contributed by atoms with Crippen molar-refractivity contribution in [1.29, 1.82) is 0 Å². The molecule has 156 valence electrons. The van der Waals surface area contributed by atoms with Crippen molar-refractivity contribution in [2.24, 2.45) is 0 Å². The largest absolute Gasteiger partial charge is 0.478 e. The number of para-hydroxylation sites is 1. The van der Waals surface area contributed by atoms with E-state index in [9.17, 15) is 14.3 Å². The van der Waals surface area contributed by atoms with Crippen LogP contribution in [-0.2, 0) is 0 Å². The van der Waals surface area contributed by atoms with Crippen molar-refractivity contribution in [3.63, 3.8) is 0 Å². The van der Waals surface area contributed by atoms with E-state index in [1.807, 2.05) is 30.5 Å². The molecule has 4 aromatic rings. The van der Waals surface area contributed by atoms with Crippen LogP contribution in [0.15, 0.2) is 71.6 Å². The number of aromatic nitrogens is 3. The Hall–Kier alpha value is -3.65. The SMILES string of the molecule is CSc1ccccc1-n1nc(-c2ccc(F)cc2)cc1Nc1nc(C)ccc1C(=O)O. The molecule has 0 fully saturated rings. The normalized spacial score (nSPS) is 10.8. The molecule has 0 amide bonds. The molecule has 2 heterocycles. The first kappa shape index (κ1) is 20.6. The molecule has 31 heavy (non-hydrogen) atoms. The molecule has 2 N–H and O–H groups in total. The van der Waals surface area contributed by atoms with Gasteiger partial charge < -0.3 is 10.4 Å². The highest BCUT2D eigenvalue weighted by atomic mass is 32.2. The molecule has 2 aromatic carbocycles. The van der Waals surface area contributed by atoms with E-state index < -0.39 is 5.97 Å². The summed E-state index contributed by atoms with van der Waals surface area (Å²) in [4.78, 5) is 17.1. The van der Waals surface area contributed by atoms with Crippen LogP contribution >= 0.6 is 11.8 Å². The van der Waals surface area contributed by atoms with Gasteiger partial charge in [-0.05, 0) is 61.7 Å². The quantitative estimate of drug-likeness (QED) is 0.388. The van der Waals surface area contributed by atoms with E-state index in [0.717, 1.165) is 16.1 Å². The highest BCUT2D eigenvalue weighted by molar-refractivity contribution is 7.98. The van der Waals surface area contributed by atoms with E-state index in [1.165, 1.54) is 18.2 Å². The second-order valence-corrected chi connectivity index (χ2v) is 7.63. The number of aryl methyl sites for hydroxylation is 1. The van der Waals surface area contributed by atoms with Crippen molar-refractivity contribution in [2.45, 2.75) is 11.8 Å². The first-order valence-electron chi connectivity index (χ1n) is 9.43. The average molecular weight is 434 g/mol. The molecule has 2 aromatic heterocycles. The molecule has 0 saturated heterocycles. The first-order valence-corrected chi connectivity index (χ1v) is 10.7. The lowest BCUT2D eigenvalue weighted by molar-refractivity contribution is 0.0697. The summed E-state index contributed by atoms with van der Waals surface area (Å²) in [6.07, 6.45) is 1.97. The molecule has 4 rings (SSSR count). The third-order valence-corrected chi connectivity index (χ3v) is 5.46. The van der Waals surface area contributed by atoms with E-state index in [4.69, 9.17) is 5.10 Å². The zero-order valence-electron chi connectivity index (χ0n) is 16.8. The molecule has 0 atom stereocenters. The zero-order valence-corrected chi connectivity index (χ0v) is 17.7. The van der Waals surface area contributed by atoms with Crippen molar-refractivity contribution < 1.29 is 14.3 Å². The minimum Gasteiger partial charge on any atom is -0.478 e. The van der Waals surface area contributed by atoms with E-state index in [-0.39, 0.29) is 17.2 Å². The van der Waals surface area contributed by atoms with Gasteiger partial charge in [0.1, 0.15) is 23.0 Å². The highest BCUT2D eigenvalue weighted by Crippen LogP contribution is 2.31. The van der Waals surface area contributed by atoms with Gasteiger partial charge in [-0.15, -0.1) is 11.8 Å². The first-order chi connectivity index (χ1) is 15.0. The molecular weight excluding hydrogens is 415 g/mol. The second kappa shape index (κ2) is 8.61. The molecule has 0 unspecified atom stereocenters. The number of carbonyl (C=O) groups is 1. The van der Waals surface area contributed by atoms with Gasteiger partial charge >= 0.3 is 5.97 Å². The number of thioether (sulfide) groups is 1. The number of aromatic carboxylic acids is 1. The number of hydrogen-bond acceptors (Lipinski definition) is 5. The van der Waals surface area contributed by atoms with Crippen LogP contribution in [0.5, 0.6) is 0 Å². The van der Waals surface area contributed by atoms with E-state index in [1.54, 1.807) is 47.6 Å². The lowest BCUT2D eigenvalue weighted by Gasteiger charge is -2.13. The van der Waals surface area contributed by atoms with Crippen molar-refractivity contribution in [3.8, 4) is 16.9 Å². The fraction of sp³-hybridized carbons (Fsp3) is 0.0870. The lowest BCUT2D eigenvalue weighted by atomic mass is 10.1. The van der Waals surface area contributed by atoms with Crippen LogP contribution < -0.4 is 5.32 Å². The molecular formula is C23H19FN4O2S. The minimum absolute atomic E-state index is 0.0554. The summed E-state index contributed by atoms with van der Waals surface area (Å²) in [6.45, 7) is 1.79. The van der Waals surface area contributed by atoms with Gasteiger partial charge in [0, 0.05) is 22.2 Å². The number of nitrogens with one attached hydrogen (secondary N) is 1. The van der Waals surface area contributed by atoms with Crippen LogP contribution in [0.25, 0.3) is 16.9 Å². The zero-order chi connectivity index (χ0) is 22.0. The summed E-state index contributed by atoms with van der Waals surface area (Å²) in [6, 6.07) is 18.8. The second-order valence-electron chi connectivity index (χ2n) is 6.78. The minimum atomic E-state index is -1.08. The lowest BCUT2D eigenvalue weighted by Crippen LogP contribution is -2.09. The summed E-state index contributed by atoms with van der Waals surface area (Å²) in [5, 5.41) is 17.4. The molecule has 0 aliphatic heterocycles. The van der Waals surface area contributed by atoms with Gasteiger partial charge in [-0.25, -0.2) is 18.9 Å². The average Bonchev–Trinajstić information content (AvgIpc) is 3.17. The Balaban J connectivity index is 1.87. The third-order valence-electron chi connectivity index (χ3n) is 4.67. The number of carboxylic acids is 1. The van der Waals surface area contributed by atoms with Gasteiger partial charge in [-0.2, -0.15) is 5.10 Å². The van der Waals surface area contributed by atoms with Crippen LogP contribution in [0.4, 0.5) is 16.0 Å². The Morgan fingerprint density at radius 2 is 1.84 bits per heavy atom. The maximum atomic E-state index is 13.4. The predicted octanol–water partition coefficient (Wildman–Crippen LogP) is 5.55. The van der Waals surface area contributed by atoms with Crippen molar-refractivity contribution in [3.05, 3.63) is 83.8 Å². The van der Waals surface area contributed by atoms with Crippen LogP contribution in [-0.4, -0.2) is 32.1 Å². The van der Waals surface area contributed by atoms with Crippen LogP contribution in [0, 0.1) is 12.7 Å². The van der Waals surface area contributed by atoms with Crippen LogP contribution in [0.3, 0.4) is 0 Å². The maximum absolute atomic E-state index is 13.4.